The third-order valence-electron chi connectivity index (χ3n) is 3.75. The summed E-state index contributed by atoms with van der Waals surface area (Å²) in [5.41, 5.74) is 1.43. The third-order valence-corrected chi connectivity index (χ3v) is 4.92. The number of esters is 1. The first kappa shape index (κ1) is 17.6. The van der Waals surface area contributed by atoms with Gasteiger partial charge in [0.05, 0.1) is 13.2 Å². The summed E-state index contributed by atoms with van der Waals surface area (Å²) >= 11 is 0. The summed E-state index contributed by atoms with van der Waals surface area (Å²) in [5.74, 6) is -1.50. The van der Waals surface area contributed by atoms with Gasteiger partial charge in [-0.1, -0.05) is 0 Å². The first-order valence-electron chi connectivity index (χ1n) is 7.38. The molecule has 128 valence electrons. The Morgan fingerprint density at radius 2 is 2.00 bits per heavy atom. The monoisotopic (exact) mass is 342 g/mol. The molecule has 0 spiro atoms. The lowest BCUT2D eigenvalue weighted by molar-refractivity contribution is -0.137. The molecule has 8 heteroatoms. The second-order valence-corrected chi connectivity index (χ2v) is 7.15. The normalized spacial score (nSPS) is 18.5. The van der Waals surface area contributed by atoms with Crippen molar-refractivity contribution in [3.05, 3.63) is 24.3 Å². The average Bonchev–Trinajstić information content (AvgIpc) is 2.54. The van der Waals surface area contributed by atoms with E-state index in [1.807, 2.05) is 12.1 Å². The third kappa shape index (κ3) is 5.11. The van der Waals surface area contributed by atoms with Gasteiger partial charge in [0.1, 0.15) is 0 Å². The Morgan fingerprint density at radius 3 is 2.61 bits per heavy atom. The van der Waals surface area contributed by atoms with Crippen molar-refractivity contribution in [3.63, 3.8) is 0 Å². The summed E-state index contributed by atoms with van der Waals surface area (Å²) in [6, 6.07) is 7.07. The molecule has 1 aromatic carbocycles. The van der Waals surface area contributed by atoms with Crippen LogP contribution in [0.2, 0.25) is 0 Å². The Morgan fingerprint density at radius 1 is 1.30 bits per heavy atom. The van der Waals surface area contributed by atoms with Gasteiger partial charge >= 0.3 is 5.97 Å². The summed E-state index contributed by atoms with van der Waals surface area (Å²) in [5, 5.41) is 0. The van der Waals surface area contributed by atoms with E-state index in [1.165, 1.54) is 0 Å². The van der Waals surface area contributed by atoms with Crippen LogP contribution in [0.3, 0.4) is 0 Å². The van der Waals surface area contributed by atoms with E-state index >= 15 is 0 Å². The van der Waals surface area contributed by atoms with Crippen molar-refractivity contribution in [2.24, 2.45) is 0 Å². The van der Waals surface area contributed by atoms with Gasteiger partial charge in [0.25, 0.3) is 0 Å². The Bertz CT molecular complexity index is 630. The maximum absolute atomic E-state index is 11.8. The number of carbonyl (C=O) groups excluding carboxylic acids is 1. The van der Waals surface area contributed by atoms with Gasteiger partial charge in [-0.2, -0.15) is 0 Å². The van der Waals surface area contributed by atoms with Gasteiger partial charge in [0.15, 0.2) is 5.75 Å². The molecule has 1 unspecified atom stereocenters. The van der Waals surface area contributed by atoms with Crippen molar-refractivity contribution >= 4 is 27.4 Å². The Kier molecular flexibility index (Phi) is 5.84. The molecular weight excluding hydrogens is 320 g/mol. The first-order chi connectivity index (χ1) is 10.9. The van der Waals surface area contributed by atoms with Crippen molar-refractivity contribution < 1.29 is 22.7 Å². The lowest BCUT2D eigenvalue weighted by Crippen LogP contribution is -2.39. The average molecular weight is 342 g/mol. The van der Waals surface area contributed by atoms with Crippen LogP contribution in [0.1, 0.15) is 12.8 Å². The quantitative estimate of drug-likeness (QED) is 0.783. The topological polar surface area (TPSA) is 84.9 Å². The minimum atomic E-state index is -3.75. The van der Waals surface area contributed by atoms with Crippen LogP contribution in [-0.4, -0.2) is 53.6 Å². The van der Waals surface area contributed by atoms with E-state index < -0.39 is 21.7 Å². The fourth-order valence-electron chi connectivity index (χ4n) is 2.54. The molecule has 0 radical (unpaired) electrons. The lowest BCUT2D eigenvalue weighted by Gasteiger charge is -2.33. The number of hydrogen-bond donors (Lipinski definition) is 1. The summed E-state index contributed by atoms with van der Waals surface area (Å²) < 4.78 is 35.7. The van der Waals surface area contributed by atoms with Crippen LogP contribution >= 0.6 is 0 Å². The molecule has 1 aliphatic heterocycles. The lowest BCUT2D eigenvalue weighted by atomic mass is 10.1. The van der Waals surface area contributed by atoms with Gasteiger partial charge in [-0.3, -0.25) is 9.52 Å². The number of piperidine rings is 1. The molecular formula is C15H22N2O5S. The van der Waals surface area contributed by atoms with Gasteiger partial charge in [-0.25, -0.2) is 8.42 Å². The van der Waals surface area contributed by atoms with Crippen molar-refractivity contribution in [2.75, 3.05) is 42.7 Å². The molecule has 0 bridgehead atoms. The summed E-state index contributed by atoms with van der Waals surface area (Å²) in [6.45, 7) is 1.77. The first-order valence-corrected chi connectivity index (χ1v) is 9.04. The van der Waals surface area contributed by atoms with Gasteiger partial charge in [0.2, 0.25) is 10.0 Å². The number of rotatable bonds is 6. The highest BCUT2D eigenvalue weighted by molar-refractivity contribution is 7.93. The second kappa shape index (κ2) is 7.65. The molecule has 1 fully saturated rings. The number of sulfonamides is 1. The Balaban J connectivity index is 2.00. The summed E-state index contributed by atoms with van der Waals surface area (Å²) in [6.07, 6.45) is 2.34. The Labute approximate surface area is 136 Å². The number of anilines is 2. The van der Waals surface area contributed by atoms with Crippen molar-refractivity contribution in [1.82, 2.24) is 0 Å². The van der Waals surface area contributed by atoms with Gasteiger partial charge in [-0.05, 0) is 37.1 Å². The molecule has 1 atom stereocenters. The summed E-state index contributed by atoms with van der Waals surface area (Å²) in [4.78, 5) is 13.3. The molecule has 1 saturated heterocycles. The predicted molar refractivity (Wildman–Crippen MR) is 88.1 cm³/mol. The molecule has 1 aliphatic rings. The molecule has 0 aliphatic carbocycles. The van der Waals surface area contributed by atoms with Crippen molar-refractivity contribution in [1.29, 1.82) is 0 Å². The molecule has 1 N–H and O–H groups in total. The largest absolute Gasteiger partial charge is 0.468 e. The van der Waals surface area contributed by atoms with Crippen LogP contribution in [0.5, 0.6) is 0 Å². The Hall–Kier alpha value is -1.80. The highest BCUT2D eigenvalue weighted by Crippen LogP contribution is 2.23. The van der Waals surface area contributed by atoms with Crippen LogP contribution in [-0.2, 0) is 24.3 Å². The minimum Gasteiger partial charge on any atom is -0.468 e. The highest BCUT2D eigenvalue weighted by atomic mass is 32.2. The van der Waals surface area contributed by atoms with Crippen molar-refractivity contribution in [2.45, 2.75) is 18.9 Å². The van der Waals surface area contributed by atoms with E-state index in [4.69, 9.17) is 4.74 Å². The zero-order valence-electron chi connectivity index (χ0n) is 13.3. The van der Waals surface area contributed by atoms with Crippen LogP contribution < -0.4 is 9.62 Å². The molecule has 0 aromatic heterocycles. The van der Waals surface area contributed by atoms with Crippen molar-refractivity contribution in [3.8, 4) is 0 Å². The fourth-order valence-corrected chi connectivity index (χ4v) is 3.53. The summed E-state index contributed by atoms with van der Waals surface area (Å²) in [7, 11) is -0.888. The minimum absolute atomic E-state index is 0.224. The molecule has 0 amide bonds. The number of carbonyl (C=O) groups is 1. The van der Waals surface area contributed by atoms with E-state index in [2.05, 4.69) is 14.4 Å². The molecule has 2 rings (SSSR count). The van der Waals surface area contributed by atoms with E-state index in [9.17, 15) is 13.2 Å². The molecule has 1 heterocycles. The van der Waals surface area contributed by atoms with Crippen LogP contribution in [0.4, 0.5) is 11.4 Å². The standard InChI is InChI=1S/C15H22N2O5S/c1-21-14-4-3-9-17(10-14)13-7-5-12(6-8-13)16-23(19,20)11-15(18)22-2/h5-8,14,16H,3-4,9-11H2,1-2H3. The maximum atomic E-state index is 11.8. The fraction of sp³-hybridized carbons (Fsp3) is 0.533. The smallest absolute Gasteiger partial charge is 0.322 e. The van der Waals surface area contributed by atoms with Crippen LogP contribution in [0.25, 0.3) is 0 Å². The van der Waals surface area contributed by atoms with E-state index in [0.29, 0.717) is 5.69 Å². The second-order valence-electron chi connectivity index (χ2n) is 5.43. The SMILES string of the molecule is COC(=O)CS(=O)(=O)Nc1ccc(N2CCCC(OC)C2)cc1. The van der Waals surface area contributed by atoms with E-state index in [-0.39, 0.29) is 6.10 Å². The van der Waals surface area contributed by atoms with E-state index in [1.54, 1.807) is 19.2 Å². The van der Waals surface area contributed by atoms with Crippen LogP contribution in [0, 0.1) is 0 Å². The number of nitrogens with zero attached hydrogens (tertiary/aromatic N) is 1. The number of hydrogen-bond acceptors (Lipinski definition) is 6. The van der Waals surface area contributed by atoms with Gasteiger partial charge < -0.3 is 14.4 Å². The van der Waals surface area contributed by atoms with Gasteiger partial charge in [-0.15, -0.1) is 0 Å². The number of benzene rings is 1. The number of ether oxygens (including phenoxy) is 2. The zero-order valence-corrected chi connectivity index (χ0v) is 14.1. The molecule has 23 heavy (non-hydrogen) atoms. The zero-order chi connectivity index (χ0) is 16.9. The maximum Gasteiger partial charge on any atom is 0.322 e. The predicted octanol–water partition coefficient (Wildman–Crippen LogP) is 1.22. The molecule has 1 aromatic rings. The van der Waals surface area contributed by atoms with E-state index in [0.717, 1.165) is 38.7 Å². The highest BCUT2D eigenvalue weighted by Gasteiger charge is 2.20. The molecule has 0 saturated carbocycles. The number of methoxy groups -OCH3 is 2. The number of nitrogens with one attached hydrogen (secondary N) is 1. The van der Waals surface area contributed by atoms with Gasteiger partial charge in [0, 0.05) is 31.6 Å². The van der Waals surface area contributed by atoms with Crippen LogP contribution in [0.15, 0.2) is 24.3 Å². The molecule has 7 nitrogen and oxygen atoms in total.